The van der Waals surface area contributed by atoms with E-state index in [9.17, 15) is 0 Å². The first-order chi connectivity index (χ1) is 4.22. The normalized spacial score (nSPS) is 34.0. The maximum absolute atomic E-state index is 8.95. The lowest BCUT2D eigenvalue weighted by atomic mass is 9.96. The highest BCUT2D eigenvalue weighted by Crippen LogP contribution is 2.62. The Labute approximate surface area is 55.1 Å². The summed E-state index contributed by atoms with van der Waals surface area (Å²) < 4.78 is 0. The van der Waals surface area contributed by atoms with Gasteiger partial charge in [0.1, 0.15) is 0 Å². The van der Waals surface area contributed by atoms with Gasteiger partial charge in [-0.05, 0) is 25.7 Å². The van der Waals surface area contributed by atoms with Crippen molar-refractivity contribution in [1.82, 2.24) is 0 Å². The van der Waals surface area contributed by atoms with Gasteiger partial charge in [0.05, 0.1) is 6.61 Å². The molecule has 3 N–H and O–H groups in total. The number of nitrogens with two attached hydrogens (primary N) is 1. The van der Waals surface area contributed by atoms with Gasteiger partial charge in [-0.3, -0.25) is 0 Å². The summed E-state index contributed by atoms with van der Waals surface area (Å²) in [6, 6.07) is 0. The predicted octanol–water partition coefficient (Wildman–Crippen LogP) is 0.250. The fourth-order valence-electron chi connectivity index (χ4n) is 1.63. The molecule has 0 bridgehead atoms. The molecule has 0 radical (unpaired) electrons. The summed E-state index contributed by atoms with van der Waals surface area (Å²) in [5.74, 6) is 0. The molecule has 0 amide bonds. The highest BCUT2D eigenvalue weighted by molar-refractivity contribution is 5.18. The summed E-state index contributed by atoms with van der Waals surface area (Å²) in [5.41, 5.74) is 6.17. The van der Waals surface area contributed by atoms with Crippen LogP contribution >= 0.6 is 0 Å². The molecule has 2 saturated carbocycles. The molecule has 2 heteroatoms. The van der Waals surface area contributed by atoms with Gasteiger partial charge in [0.25, 0.3) is 0 Å². The van der Waals surface area contributed by atoms with Crippen molar-refractivity contribution in [3.05, 3.63) is 0 Å². The quantitative estimate of drug-likeness (QED) is 0.558. The molecule has 9 heavy (non-hydrogen) atoms. The van der Waals surface area contributed by atoms with E-state index in [1.165, 1.54) is 0 Å². The average Bonchev–Trinajstić information content (AvgIpc) is 2.61. The second-order valence-electron chi connectivity index (χ2n) is 3.59. The van der Waals surface area contributed by atoms with Gasteiger partial charge >= 0.3 is 0 Å². The van der Waals surface area contributed by atoms with Crippen molar-refractivity contribution in [2.45, 2.75) is 31.2 Å². The van der Waals surface area contributed by atoms with Crippen LogP contribution in [0.15, 0.2) is 0 Å². The van der Waals surface area contributed by atoms with Crippen LogP contribution in [0.4, 0.5) is 0 Å². The molecular weight excluding hydrogens is 114 g/mol. The van der Waals surface area contributed by atoms with E-state index < -0.39 is 0 Å². The second kappa shape index (κ2) is 1.32. The molecule has 2 nitrogen and oxygen atoms in total. The van der Waals surface area contributed by atoms with E-state index in [1.54, 1.807) is 0 Å². The minimum Gasteiger partial charge on any atom is -0.396 e. The third-order valence-electron chi connectivity index (χ3n) is 3.00. The van der Waals surface area contributed by atoms with Gasteiger partial charge < -0.3 is 10.8 Å². The van der Waals surface area contributed by atoms with Gasteiger partial charge in [-0.25, -0.2) is 0 Å². The number of hydrogen-bond donors (Lipinski definition) is 2. The first-order valence-electron chi connectivity index (χ1n) is 3.62. The largest absolute Gasteiger partial charge is 0.396 e. The minimum absolute atomic E-state index is 0.0573. The number of hydrogen-bond acceptors (Lipinski definition) is 2. The molecule has 0 spiro atoms. The van der Waals surface area contributed by atoms with Crippen LogP contribution in [0.1, 0.15) is 25.7 Å². The van der Waals surface area contributed by atoms with Crippen LogP contribution in [0.3, 0.4) is 0 Å². The maximum atomic E-state index is 8.95. The molecule has 52 valence electrons. The molecule has 0 atom stereocenters. The molecule has 0 unspecified atom stereocenters. The third kappa shape index (κ3) is 0.578. The number of rotatable bonds is 2. The van der Waals surface area contributed by atoms with E-state index in [0.717, 1.165) is 25.7 Å². The number of aliphatic hydroxyl groups is 1. The molecule has 0 aromatic rings. The van der Waals surface area contributed by atoms with Crippen LogP contribution in [0.2, 0.25) is 0 Å². The molecule has 2 aliphatic carbocycles. The Morgan fingerprint density at radius 1 is 1.22 bits per heavy atom. The molecular formula is C7H13NO. The highest BCUT2D eigenvalue weighted by atomic mass is 16.3. The second-order valence-corrected chi connectivity index (χ2v) is 3.59. The van der Waals surface area contributed by atoms with E-state index in [0.29, 0.717) is 6.61 Å². The summed E-state index contributed by atoms with van der Waals surface area (Å²) in [6.45, 7) is 0.309. The van der Waals surface area contributed by atoms with Crippen molar-refractivity contribution in [1.29, 1.82) is 0 Å². The molecule has 0 saturated heterocycles. The van der Waals surface area contributed by atoms with Crippen molar-refractivity contribution in [3.63, 3.8) is 0 Å². The Hall–Kier alpha value is -0.0800. The molecule has 2 rings (SSSR count). The monoisotopic (exact) mass is 127 g/mol. The maximum Gasteiger partial charge on any atom is 0.0505 e. The molecule has 0 aliphatic heterocycles. The van der Waals surface area contributed by atoms with Gasteiger partial charge in [-0.2, -0.15) is 0 Å². The van der Waals surface area contributed by atoms with E-state index in [2.05, 4.69) is 0 Å². The molecule has 0 heterocycles. The average molecular weight is 127 g/mol. The van der Waals surface area contributed by atoms with E-state index in [4.69, 9.17) is 10.8 Å². The predicted molar refractivity (Wildman–Crippen MR) is 34.9 cm³/mol. The van der Waals surface area contributed by atoms with Crippen LogP contribution in [-0.2, 0) is 0 Å². The van der Waals surface area contributed by atoms with Crippen molar-refractivity contribution in [2.24, 2.45) is 11.1 Å². The molecule has 0 aromatic carbocycles. The Bertz CT molecular complexity index is 136. The van der Waals surface area contributed by atoms with Crippen molar-refractivity contribution in [2.75, 3.05) is 6.61 Å². The van der Waals surface area contributed by atoms with Crippen molar-refractivity contribution >= 4 is 0 Å². The van der Waals surface area contributed by atoms with Gasteiger partial charge in [0, 0.05) is 11.0 Å². The lowest BCUT2D eigenvalue weighted by molar-refractivity contribution is 0.179. The van der Waals surface area contributed by atoms with Crippen LogP contribution in [0.5, 0.6) is 0 Å². The smallest absolute Gasteiger partial charge is 0.0505 e. The van der Waals surface area contributed by atoms with Gasteiger partial charge in [-0.15, -0.1) is 0 Å². The van der Waals surface area contributed by atoms with Crippen LogP contribution < -0.4 is 5.73 Å². The molecule has 2 aliphatic rings. The van der Waals surface area contributed by atoms with Crippen LogP contribution in [0.25, 0.3) is 0 Å². The minimum atomic E-state index is 0.0573. The SMILES string of the molecule is NC1(C2(CO)CC2)CC1. The van der Waals surface area contributed by atoms with Crippen molar-refractivity contribution < 1.29 is 5.11 Å². The fourth-order valence-corrected chi connectivity index (χ4v) is 1.63. The molecule has 2 fully saturated rings. The zero-order valence-corrected chi connectivity index (χ0v) is 5.56. The van der Waals surface area contributed by atoms with E-state index in [-0.39, 0.29) is 11.0 Å². The summed E-state index contributed by atoms with van der Waals surface area (Å²) in [7, 11) is 0. The Kier molecular flexibility index (Phi) is 0.837. The zero-order valence-electron chi connectivity index (χ0n) is 5.56. The van der Waals surface area contributed by atoms with Gasteiger partial charge in [0.2, 0.25) is 0 Å². The summed E-state index contributed by atoms with van der Waals surface area (Å²) in [5, 5.41) is 8.95. The van der Waals surface area contributed by atoms with Crippen molar-refractivity contribution in [3.8, 4) is 0 Å². The zero-order chi connectivity index (χ0) is 6.54. The van der Waals surface area contributed by atoms with Gasteiger partial charge in [-0.1, -0.05) is 0 Å². The molecule has 0 aromatic heterocycles. The van der Waals surface area contributed by atoms with E-state index in [1.807, 2.05) is 0 Å². The fraction of sp³-hybridized carbons (Fsp3) is 1.00. The highest BCUT2D eigenvalue weighted by Gasteiger charge is 2.62. The van der Waals surface area contributed by atoms with Crippen LogP contribution in [0, 0.1) is 5.41 Å². The lowest BCUT2D eigenvalue weighted by Crippen LogP contribution is -2.36. The first kappa shape index (κ1) is 5.69. The summed E-state index contributed by atoms with van der Waals surface area (Å²) in [6.07, 6.45) is 4.57. The summed E-state index contributed by atoms with van der Waals surface area (Å²) in [4.78, 5) is 0. The first-order valence-corrected chi connectivity index (χ1v) is 3.62. The standard InChI is InChI=1S/C7H13NO/c8-7(3-4-7)6(5-9)1-2-6/h9H,1-5,8H2. The van der Waals surface area contributed by atoms with Gasteiger partial charge in [0.15, 0.2) is 0 Å². The Morgan fingerprint density at radius 2 is 1.78 bits per heavy atom. The summed E-state index contributed by atoms with van der Waals surface area (Å²) >= 11 is 0. The van der Waals surface area contributed by atoms with Crippen LogP contribution in [-0.4, -0.2) is 17.3 Å². The van der Waals surface area contributed by atoms with E-state index >= 15 is 0 Å². The lowest BCUT2D eigenvalue weighted by Gasteiger charge is -2.18. The third-order valence-corrected chi connectivity index (χ3v) is 3.00. The Balaban J connectivity index is 2.11. The number of aliphatic hydroxyl groups excluding tert-OH is 1. The topological polar surface area (TPSA) is 46.2 Å². The Morgan fingerprint density at radius 3 is 1.89 bits per heavy atom.